The predicted molar refractivity (Wildman–Crippen MR) is 91.5 cm³/mol. The van der Waals surface area contributed by atoms with Gasteiger partial charge in [-0.2, -0.15) is 10.1 Å². The smallest absolute Gasteiger partial charge is 0.247 e. The first-order chi connectivity index (χ1) is 12.6. The maximum atomic E-state index is 14.8. The van der Waals surface area contributed by atoms with Crippen LogP contribution >= 0.6 is 0 Å². The number of hydrogen-bond donors (Lipinski definition) is 1. The maximum Gasteiger partial charge on any atom is 0.247 e. The van der Waals surface area contributed by atoms with Crippen LogP contribution in [-0.2, 0) is 0 Å². The van der Waals surface area contributed by atoms with Gasteiger partial charge in [0.25, 0.3) is 0 Å². The Balaban J connectivity index is 1.77. The molecule has 26 heavy (non-hydrogen) atoms. The zero-order valence-electron chi connectivity index (χ0n) is 14.3. The Morgan fingerprint density at radius 1 is 1.31 bits per heavy atom. The molecular weight excluding hydrogens is 339 g/mol. The molecule has 1 atom stereocenters. The van der Waals surface area contributed by atoms with E-state index in [1.165, 1.54) is 6.33 Å². The molecule has 1 aliphatic rings. The largest absolute Gasteiger partial charge is 0.489 e. The topological polar surface area (TPSA) is 81.2 Å². The summed E-state index contributed by atoms with van der Waals surface area (Å²) in [5.74, 6) is 0.384. The van der Waals surface area contributed by atoms with Gasteiger partial charge in [-0.3, -0.25) is 4.99 Å². The van der Waals surface area contributed by atoms with Crippen LogP contribution < -0.4 is 20.0 Å². The predicted octanol–water partition coefficient (Wildman–Crippen LogP) is 1.14. The highest BCUT2D eigenvalue weighted by molar-refractivity contribution is 5.67. The minimum atomic E-state index is -0.465. The van der Waals surface area contributed by atoms with Crippen molar-refractivity contribution in [2.75, 3.05) is 13.2 Å². The fourth-order valence-electron chi connectivity index (χ4n) is 3.00. The molecule has 0 radical (unpaired) electrons. The molecule has 1 aliphatic heterocycles. The van der Waals surface area contributed by atoms with Crippen LogP contribution in [0.15, 0.2) is 29.6 Å². The SMILES string of the molecule is Cc1c(OCCO)cn2ncnc(Oc3ccc4c(c3F)=CC(C)N=4)c12. The minimum absolute atomic E-state index is 0.0559. The number of aromatic nitrogens is 3. The number of benzene rings is 1. The molecule has 8 heteroatoms. The Kier molecular flexibility index (Phi) is 4.04. The third kappa shape index (κ3) is 2.68. The normalized spacial score (nSPS) is 15.5. The van der Waals surface area contributed by atoms with E-state index in [0.29, 0.717) is 21.8 Å². The quantitative estimate of drug-likeness (QED) is 0.742. The van der Waals surface area contributed by atoms with Crippen molar-refractivity contribution in [1.82, 2.24) is 14.6 Å². The van der Waals surface area contributed by atoms with E-state index < -0.39 is 5.82 Å². The van der Waals surface area contributed by atoms with Crippen LogP contribution in [0.4, 0.5) is 4.39 Å². The zero-order chi connectivity index (χ0) is 18.3. The van der Waals surface area contributed by atoms with Gasteiger partial charge < -0.3 is 14.6 Å². The van der Waals surface area contributed by atoms with Crippen LogP contribution in [0.3, 0.4) is 0 Å². The van der Waals surface area contributed by atoms with E-state index in [1.54, 1.807) is 28.9 Å². The number of fused-ring (bicyclic) bond motifs is 2. The lowest BCUT2D eigenvalue weighted by atomic mass is 10.2. The fraction of sp³-hybridized carbons (Fsp3) is 0.278. The van der Waals surface area contributed by atoms with Crippen LogP contribution in [-0.4, -0.2) is 39.0 Å². The lowest BCUT2D eigenvalue weighted by molar-refractivity contribution is 0.201. The van der Waals surface area contributed by atoms with Gasteiger partial charge in [-0.05, 0) is 32.1 Å². The maximum absolute atomic E-state index is 14.8. The molecule has 7 nitrogen and oxygen atoms in total. The number of hydrogen-bond acceptors (Lipinski definition) is 6. The Labute approximate surface area is 148 Å². The molecule has 1 N–H and O–H groups in total. The van der Waals surface area contributed by atoms with Crippen molar-refractivity contribution in [2.45, 2.75) is 19.9 Å². The molecule has 4 rings (SSSR count). The highest BCUT2D eigenvalue weighted by Gasteiger charge is 2.18. The molecule has 1 unspecified atom stereocenters. The van der Waals surface area contributed by atoms with Crippen LogP contribution in [0.25, 0.3) is 11.6 Å². The number of halogens is 1. The van der Waals surface area contributed by atoms with Crippen LogP contribution in [0.5, 0.6) is 17.4 Å². The van der Waals surface area contributed by atoms with Crippen molar-refractivity contribution < 1.29 is 19.0 Å². The molecular formula is C18H17FN4O3. The van der Waals surface area contributed by atoms with Crippen molar-refractivity contribution in [1.29, 1.82) is 0 Å². The molecule has 0 spiro atoms. The Morgan fingerprint density at radius 2 is 2.15 bits per heavy atom. The summed E-state index contributed by atoms with van der Waals surface area (Å²) in [5.41, 5.74) is 1.31. The van der Waals surface area contributed by atoms with E-state index in [9.17, 15) is 4.39 Å². The second-order valence-corrected chi connectivity index (χ2v) is 6.00. The summed E-state index contributed by atoms with van der Waals surface area (Å²) in [6.07, 6.45) is 4.76. The third-order valence-electron chi connectivity index (χ3n) is 4.17. The Morgan fingerprint density at radius 3 is 2.96 bits per heavy atom. The second-order valence-electron chi connectivity index (χ2n) is 6.00. The monoisotopic (exact) mass is 356 g/mol. The average Bonchev–Trinajstić information content (AvgIpc) is 3.16. The van der Waals surface area contributed by atoms with Crippen molar-refractivity contribution in [3.8, 4) is 17.4 Å². The van der Waals surface area contributed by atoms with Gasteiger partial charge >= 0.3 is 0 Å². The van der Waals surface area contributed by atoms with Crippen molar-refractivity contribution >= 4 is 11.6 Å². The standard InChI is InChI=1S/C18H17FN4O3/c1-10-7-12-13(22-10)3-4-14(16(12)19)26-18-17-11(2)15(25-6-5-24)8-23(17)21-9-20-18/h3-4,7-10,24H,5-6H2,1-2H3. The van der Waals surface area contributed by atoms with Crippen molar-refractivity contribution in [3.05, 3.63) is 46.6 Å². The first kappa shape index (κ1) is 16.5. The summed E-state index contributed by atoms with van der Waals surface area (Å²) in [7, 11) is 0. The molecule has 0 bridgehead atoms. The fourth-order valence-corrected chi connectivity index (χ4v) is 3.00. The third-order valence-corrected chi connectivity index (χ3v) is 4.17. The van der Waals surface area contributed by atoms with Gasteiger partial charge in [-0.1, -0.05) is 0 Å². The highest BCUT2D eigenvalue weighted by atomic mass is 19.1. The number of aliphatic hydroxyl groups excluding tert-OH is 1. The lowest BCUT2D eigenvalue weighted by Crippen LogP contribution is -2.25. The number of ether oxygens (including phenoxy) is 2. The van der Waals surface area contributed by atoms with E-state index in [1.807, 2.05) is 13.8 Å². The van der Waals surface area contributed by atoms with Gasteiger partial charge in [0.1, 0.15) is 24.2 Å². The Bertz CT molecular complexity index is 1110. The van der Waals surface area contributed by atoms with E-state index in [0.717, 1.165) is 5.56 Å². The molecule has 1 aromatic carbocycles. The average molecular weight is 356 g/mol. The first-order valence-corrected chi connectivity index (χ1v) is 8.21. The molecule has 3 heterocycles. The van der Waals surface area contributed by atoms with Crippen molar-refractivity contribution in [2.24, 2.45) is 4.99 Å². The molecule has 0 amide bonds. The summed E-state index contributed by atoms with van der Waals surface area (Å²) in [4.78, 5) is 8.49. The van der Waals surface area contributed by atoms with Gasteiger partial charge in [0, 0.05) is 10.8 Å². The molecule has 2 aromatic heterocycles. The van der Waals surface area contributed by atoms with Crippen molar-refractivity contribution in [3.63, 3.8) is 0 Å². The van der Waals surface area contributed by atoms with Crippen LogP contribution in [0.2, 0.25) is 0 Å². The lowest BCUT2D eigenvalue weighted by Gasteiger charge is -2.08. The van der Waals surface area contributed by atoms with Crippen LogP contribution in [0, 0.1) is 12.7 Å². The first-order valence-electron chi connectivity index (χ1n) is 8.21. The van der Waals surface area contributed by atoms with E-state index in [2.05, 4.69) is 15.1 Å². The summed E-state index contributed by atoms with van der Waals surface area (Å²) < 4.78 is 27.6. The zero-order valence-corrected chi connectivity index (χ0v) is 14.3. The molecule has 3 aromatic rings. The minimum Gasteiger partial charge on any atom is -0.489 e. The van der Waals surface area contributed by atoms with E-state index in [-0.39, 0.29) is 30.9 Å². The molecule has 0 saturated heterocycles. The van der Waals surface area contributed by atoms with Gasteiger partial charge in [0.2, 0.25) is 5.88 Å². The summed E-state index contributed by atoms with van der Waals surface area (Å²) in [6.45, 7) is 3.79. The second kappa shape index (κ2) is 6.38. The van der Waals surface area contributed by atoms with Crippen LogP contribution in [0.1, 0.15) is 12.5 Å². The Hall–Kier alpha value is -3.00. The van der Waals surface area contributed by atoms with Gasteiger partial charge in [-0.15, -0.1) is 0 Å². The summed E-state index contributed by atoms with van der Waals surface area (Å²) >= 11 is 0. The van der Waals surface area contributed by atoms with Gasteiger partial charge in [0.15, 0.2) is 11.6 Å². The molecule has 0 fully saturated rings. The molecule has 0 saturated carbocycles. The van der Waals surface area contributed by atoms with E-state index in [4.69, 9.17) is 14.6 Å². The van der Waals surface area contributed by atoms with Gasteiger partial charge in [0.05, 0.1) is 24.2 Å². The number of nitrogens with zero attached hydrogens (tertiary/aromatic N) is 4. The molecule has 0 aliphatic carbocycles. The summed E-state index contributed by atoms with van der Waals surface area (Å²) in [5, 5.41) is 14.1. The number of aliphatic hydroxyl groups is 1. The molecule has 134 valence electrons. The van der Waals surface area contributed by atoms with Gasteiger partial charge in [-0.25, -0.2) is 8.91 Å². The van der Waals surface area contributed by atoms with E-state index >= 15 is 0 Å². The highest BCUT2D eigenvalue weighted by Crippen LogP contribution is 2.32. The number of rotatable bonds is 5. The number of aryl methyl sites for hydroxylation is 1. The summed E-state index contributed by atoms with van der Waals surface area (Å²) in [6, 6.07) is 3.22.